The van der Waals surface area contributed by atoms with E-state index in [0.717, 1.165) is 16.3 Å². The normalized spacial score (nSPS) is 16.8. The lowest BCUT2D eigenvalue weighted by Gasteiger charge is -2.39. The Kier molecular flexibility index (Phi) is 4.16. The molecular weight excluding hydrogens is 328 g/mol. The van der Waals surface area contributed by atoms with Gasteiger partial charge in [0.1, 0.15) is 5.82 Å². The standard InChI is InChI=1S/C19H22N6O/c1-2-16-22-17(20)24-18(23-16)25-10-7-19(26,8-11-25)15-5-3-4-13-12-21-9-6-14(13)15/h3-6,9,12,26H,2,7-8,10-11H2,1H3,(H2,20,22,23,24). The summed E-state index contributed by atoms with van der Waals surface area (Å²) in [5, 5.41) is 13.4. The Morgan fingerprint density at radius 2 is 1.96 bits per heavy atom. The summed E-state index contributed by atoms with van der Waals surface area (Å²) in [5.41, 5.74) is 5.89. The second-order valence-electron chi connectivity index (χ2n) is 6.68. The van der Waals surface area contributed by atoms with Crippen molar-refractivity contribution in [2.45, 2.75) is 31.8 Å². The van der Waals surface area contributed by atoms with Crippen LogP contribution in [-0.2, 0) is 12.0 Å². The van der Waals surface area contributed by atoms with Crippen molar-refractivity contribution < 1.29 is 5.11 Å². The third kappa shape index (κ3) is 2.94. The molecule has 3 aromatic rings. The van der Waals surface area contributed by atoms with Gasteiger partial charge in [-0.25, -0.2) is 0 Å². The van der Waals surface area contributed by atoms with Crippen LogP contribution in [-0.4, -0.2) is 38.1 Å². The van der Waals surface area contributed by atoms with E-state index in [2.05, 4.69) is 24.8 Å². The predicted octanol–water partition coefficient (Wildman–Crippen LogP) is 2.05. The minimum Gasteiger partial charge on any atom is -0.385 e. The fraction of sp³-hybridized carbons (Fsp3) is 0.368. The van der Waals surface area contributed by atoms with Crippen LogP contribution < -0.4 is 10.6 Å². The van der Waals surface area contributed by atoms with Crippen LogP contribution in [0.4, 0.5) is 11.9 Å². The smallest absolute Gasteiger partial charge is 0.230 e. The molecule has 7 heteroatoms. The molecule has 0 amide bonds. The number of nitrogens with two attached hydrogens (primary N) is 1. The summed E-state index contributed by atoms with van der Waals surface area (Å²) in [5.74, 6) is 1.53. The molecule has 1 aliphatic rings. The van der Waals surface area contributed by atoms with Crippen molar-refractivity contribution in [2.24, 2.45) is 0 Å². The number of aliphatic hydroxyl groups is 1. The van der Waals surface area contributed by atoms with Gasteiger partial charge in [-0.3, -0.25) is 4.98 Å². The van der Waals surface area contributed by atoms with E-state index >= 15 is 0 Å². The number of hydrogen-bond donors (Lipinski definition) is 2. The Hall–Kier alpha value is -2.80. The molecular formula is C19H22N6O. The zero-order chi connectivity index (χ0) is 18.1. The summed E-state index contributed by atoms with van der Waals surface area (Å²) < 4.78 is 0. The molecule has 1 fully saturated rings. The SMILES string of the molecule is CCc1nc(N)nc(N2CCC(O)(c3cccc4cnccc34)CC2)n1. The van der Waals surface area contributed by atoms with Crippen molar-refractivity contribution in [3.05, 3.63) is 48.0 Å². The van der Waals surface area contributed by atoms with Gasteiger partial charge < -0.3 is 15.7 Å². The van der Waals surface area contributed by atoms with Crippen LogP contribution in [0.5, 0.6) is 0 Å². The molecule has 1 saturated heterocycles. The van der Waals surface area contributed by atoms with E-state index in [9.17, 15) is 5.11 Å². The number of nitrogen functional groups attached to an aromatic ring is 1. The summed E-state index contributed by atoms with van der Waals surface area (Å²) in [4.78, 5) is 19.1. The largest absolute Gasteiger partial charge is 0.385 e. The van der Waals surface area contributed by atoms with Crippen LogP contribution >= 0.6 is 0 Å². The molecule has 3 heterocycles. The zero-order valence-corrected chi connectivity index (χ0v) is 14.8. The van der Waals surface area contributed by atoms with Gasteiger partial charge in [0.05, 0.1) is 5.60 Å². The van der Waals surface area contributed by atoms with Gasteiger partial charge in [-0.15, -0.1) is 0 Å². The molecule has 7 nitrogen and oxygen atoms in total. The summed E-state index contributed by atoms with van der Waals surface area (Å²) in [6.07, 6.45) is 5.51. The second-order valence-corrected chi connectivity index (χ2v) is 6.68. The molecule has 0 aliphatic carbocycles. The molecule has 1 aromatic carbocycles. The van der Waals surface area contributed by atoms with Gasteiger partial charge >= 0.3 is 0 Å². The number of aromatic nitrogens is 4. The van der Waals surface area contributed by atoms with E-state index in [1.807, 2.05) is 37.4 Å². The zero-order valence-electron chi connectivity index (χ0n) is 14.8. The quantitative estimate of drug-likeness (QED) is 0.745. The maximum absolute atomic E-state index is 11.3. The van der Waals surface area contributed by atoms with E-state index in [-0.39, 0.29) is 5.95 Å². The van der Waals surface area contributed by atoms with Crippen LogP contribution in [0.2, 0.25) is 0 Å². The highest BCUT2D eigenvalue weighted by molar-refractivity contribution is 5.85. The van der Waals surface area contributed by atoms with Gasteiger partial charge in [0.15, 0.2) is 0 Å². The van der Waals surface area contributed by atoms with Gasteiger partial charge in [-0.2, -0.15) is 15.0 Å². The lowest BCUT2D eigenvalue weighted by atomic mass is 9.82. The molecule has 26 heavy (non-hydrogen) atoms. The maximum Gasteiger partial charge on any atom is 0.230 e. The third-order valence-corrected chi connectivity index (χ3v) is 5.06. The average Bonchev–Trinajstić information content (AvgIpc) is 2.67. The van der Waals surface area contributed by atoms with E-state index in [4.69, 9.17) is 5.73 Å². The van der Waals surface area contributed by atoms with E-state index in [0.29, 0.717) is 44.1 Å². The number of piperidine rings is 1. The molecule has 1 aliphatic heterocycles. The van der Waals surface area contributed by atoms with Crippen molar-refractivity contribution in [3.8, 4) is 0 Å². The molecule has 0 unspecified atom stereocenters. The summed E-state index contributed by atoms with van der Waals surface area (Å²) in [6, 6.07) is 7.97. The lowest BCUT2D eigenvalue weighted by Crippen LogP contribution is -2.43. The minimum absolute atomic E-state index is 0.245. The molecule has 4 rings (SSSR count). The first-order chi connectivity index (χ1) is 12.6. The lowest BCUT2D eigenvalue weighted by molar-refractivity contribution is 0.0129. The Balaban J connectivity index is 1.60. The molecule has 0 atom stereocenters. The molecule has 0 spiro atoms. The summed E-state index contributed by atoms with van der Waals surface area (Å²) >= 11 is 0. The highest BCUT2D eigenvalue weighted by atomic mass is 16.3. The van der Waals surface area contributed by atoms with Gasteiger partial charge in [0, 0.05) is 37.3 Å². The van der Waals surface area contributed by atoms with Crippen molar-refractivity contribution >= 4 is 22.7 Å². The van der Waals surface area contributed by atoms with Gasteiger partial charge in [0.2, 0.25) is 11.9 Å². The third-order valence-electron chi connectivity index (χ3n) is 5.06. The fourth-order valence-electron chi connectivity index (χ4n) is 3.60. The summed E-state index contributed by atoms with van der Waals surface area (Å²) in [6.45, 7) is 3.30. The molecule has 3 N–H and O–H groups in total. The van der Waals surface area contributed by atoms with Gasteiger partial charge in [-0.05, 0) is 29.9 Å². The highest BCUT2D eigenvalue weighted by Gasteiger charge is 2.36. The Bertz CT molecular complexity index is 931. The first kappa shape index (κ1) is 16.7. The van der Waals surface area contributed by atoms with Crippen LogP contribution in [0.3, 0.4) is 0 Å². The number of aryl methyl sites for hydroxylation is 1. The summed E-state index contributed by atoms with van der Waals surface area (Å²) in [7, 11) is 0. The molecule has 0 radical (unpaired) electrons. The van der Waals surface area contributed by atoms with E-state index in [1.54, 1.807) is 6.20 Å². The monoisotopic (exact) mass is 350 g/mol. The minimum atomic E-state index is -0.872. The molecule has 2 aromatic heterocycles. The Morgan fingerprint density at radius 3 is 2.73 bits per heavy atom. The number of pyridine rings is 1. The van der Waals surface area contributed by atoms with Crippen molar-refractivity contribution in [1.29, 1.82) is 0 Å². The second kappa shape index (κ2) is 6.49. The van der Waals surface area contributed by atoms with E-state index < -0.39 is 5.60 Å². The highest BCUT2D eigenvalue weighted by Crippen LogP contribution is 2.37. The van der Waals surface area contributed by atoms with Crippen molar-refractivity contribution in [1.82, 2.24) is 19.9 Å². The van der Waals surface area contributed by atoms with Crippen LogP contribution in [0.15, 0.2) is 36.7 Å². The average molecular weight is 350 g/mol. The Labute approximate surface area is 151 Å². The van der Waals surface area contributed by atoms with E-state index in [1.165, 1.54) is 0 Å². The first-order valence-electron chi connectivity index (χ1n) is 8.90. The van der Waals surface area contributed by atoms with Gasteiger partial charge in [-0.1, -0.05) is 25.1 Å². The van der Waals surface area contributed by atoms with Crippen molar-refractivity contribution in [3.63, 3.8) is 0 Å². The predicted molar refractivity (Wildman–Crippen MR) is 101 cm³/mol. The van der Waals surface area contributed by atoms with Crippen LogP contribution in [0, 0.1) is 0 Å². The topological polar surface area (TPSA) is 101 Å². The number of fused-ring (bicyclic) bond motifs is 1. The molecule has 0 bridgehead atoms. The number of rotatable bonds is 3. The maximum atomic E-state index is 11.3. The Morgan fingerprint density at radius 1 is 1.15 bits per heavy atom. The first-order valence-corrected chi connectivity index (χ1v) is 8.90. The van der Waals surface area contributed by atoms with Gasteiger partial charge in [0.25, 0.3) is 0 Å². The number of nitrogens with zero attached hydrogens (tertiary/aromatic N) is 5. The number of benzene rings is 1. The van der Waals surface area contributed by atoms with Crippen LogP contribution in [0.25, 0.3) is 10.8 Å². The van der Waals surface area contributed by atoms with Crippen LogP contribution in [0.1, 0.15) is 31.2 Å². The fourth-order valence-corrected chi connectivity index (χ4v) is 3.60. The molecule has 0 saturated carbocycles. The van der Waals surface area contributed by atoms with Crippen molar-refractivity contribution in [2.75, 3.05) is 23.7 Å². The molecule has 134 valence electrons. The number of anilines is 2. The number of hydrogen-bond acceptors (Lipinski definition) is 7.